The Morgan fingerprint density at radius 1 is 0.812 bits per heavy atom. The zero-order chi connectivity index (χ0) is 35.1. The second-order valence-corrected chi connectivity index (χ2v) is 13.8. The molecule has 2 amide bonds. The van der Waals surface area contributed by atoms with E-state index in [-0.39, 0.29) is 32.9 Å². The van der Waals surface area contributed by atoms with Gasteiger partial charge < -0.3 is 10.2 Å². The Balaban J connectivity index is 1.87. The van der Waals surface area contributed by atoms with Gasteiger partial charge in [-0.15, -0.1) is 0 Å². The topological polar surface area (TPSA) is 86.8 Å². The number of anilines is 1. The van der Waals surface area contributed by atoms with Crippen LogP contribution in [0.3, 0.4) is 0 Å². The Kier molecular flexibility index (Phi) is 12.4. The number of carbonyl (C=O) groups is 2. The minimum atomic E-state index is -4.84. The molecule has 0 saturated heterocycles. The summed E-state index contributed by atoms with van der Waals surface area (Å²) in [5.41, 5.74) is -0.561. The number of nitrogens with zero attached hydrogens (tertiary/aromatic N) is 2. The second kappa shape index (κ2) is 16.1. The quantitative estimate of drug-likeness (QED) is 0.151. The highest BCUT2D eigenvalue weighted by Crippen LogP contribution is 2.37. The van der Waals surface area contributed by atoms with Crippen molar-refractivity contribution in [2.75, 3.05) is 17.4 Å². The third kappa shape index (κ3) is 9.22. The maximum absolute atomic E-state index is 14.5. The van der Waals surface area contributed by atoms with Crippen LogP contribution < -0.4 is 9.62 Å². The molecular weight excluding hydrogens is 710 g/mol. The monoisotopic (exact) mass is 739 g/mol. The summed E-state index contributed by atoms with van der Waals surface area (Å²) in [6, 6.07) is 21.5. The van der Waals surface area contributed by atoms with E-state index in [0.717, 1.165) is 6.07 Å². The van der Waals surface area contributed by atoms with Gasteiger partial charge in [0, 0.05) is 19.5 Å². The van der Waals surface area contributed by atoms with Gasteiger partial charge in [0.15, 0.2) is 0 Å². The first-order valence-electron chi connectivity index (χ1n) is 14.7. The van der Waals surface area contributed by atoms with E-state index in [4.69, 9.17) is 34.8 Å². The number of carbonyl (C=O) groups excluding carboxylic acids is 2. The summed E-state index contributed by atoms with van der Waals surface area (Å²) in [5, 5.41) is 2.90. The van der Waals surface area contributed by atoms with Gasteiger partial charge in [-0.3, -0.25) is 13.9 Å². The lowest BCUT2D eigenvalue weighted by atomic mass is 10.0. The molecule has 0 saturated carbocycles. The van der Waals surface area contributed by atoms with Crippen LogP contribution in [-0.4, -0.2) is 44.3 Å². The maximum Gasteiger partial charge on any atom is 0.416 e. The van der Waals surface area contributed by atoms with Crippen LogP contribution in [0.2, 0.25) is 15.1 Å². The summed E-state index contributed by atoms with van der Waals surface area (Å²) in [6.07, 6.45) is -4.20. The Hall–Kier alpha value is -3.77. The van der Waals surface area contributed by atoms with Crippen molar-refractivity contribution in [2.24, 2.45) is 0 Å². The molecule has 4 aromatic carbocycles. The molecule has 0 fully saturated rings. The number of amides is 2. The zero-order valence-corrected chi connectivity index (χ0v) is 28.6. The number of sulfonamides is 1. The van der Waals surface area contributed by atoms with Crippen molar-refractivity contribution in [3.05, 3.63) is 129 Å². The molecule has 0 heterocycles. The standard InChI is InChI=1S/C34H31Cl3F3N3O4S/c1-2-17-41-33(45)31(19-23-9-5-3-6-10-23)42(21-24-13-15-27(35)29(37)18-24)32(44)22-43(48(46,47)26-11-7-4-8-12-26)30-20-25(34(38,39)40)14-16-28(30)36/h3-16,18,20,31H,2,17,19,21-22H2,1H3,(H,41,45). The number of hydrogen-bond donors (Lipinski definition) is 1. The highest BCUT2D eigenvalue weighted by molar-refractivity contribution is 7.92. The van der Waals surface area contributed by atoms with Crippen LogP contribution in [0, 0.1) is 0 Å². The van der Waals surface area contributed by atoms with Gasteiger partial charge in [-0.2, -0.15) is 13.2 Å². The van der Waals surface area contributed by atoms with Gasteiger partial charge >= 0.3 is 6.18 Å². The predicted molar refractivity (Wildman–Crippen MR) is 182 cm³/mol. The number of rotatable bonds is 13. The first kappa shape index (κ1) is 37.1. The molecule has 14 heteroatoms. The molecule has 4 rings (SSSR count). The normalized spacial score (nSPS) is 12.3. The Morgan fingerprint density at radius 2 is 1.44 bits per heavy atom. The van der Waals surface area contributed by atoms with Crippen LogP contribution in [-0.2, 0) is 38.8 Å². The maximum atomic E-state index is 14.5. The predicted octanol–water partition coefficient (Wildman–Crippen LogP) is 8.03. The lowest BCUT2D eigenvalue weighted by molar-refractivity contribution is -0.140. The molecule has 4 aromatic rings. The lowest BCUT2D eigenvalue weighted by Gasteiger charge is -2.34. The van der Waals surface area contributed by atoms with Crippen molar-refractivity contribution in [2.45, 2.75) is 43.4 Å². The molecule has 254 valence electrons. The molecule has 0 bridgehead atoms. The number of benzene rings is 4. The van der Waals surface area contributed by atoms with E-state index in [0.29, 0.717) is 40.5 Å². The second-order valence-electron chi connectivity index (χ2n) is 10.8. The van der Waals surface area contributed by atoms with Gasteiger partial charge in [-0.1, -0.05) is 96.3 Å². The van der Waals surface area contributed by atoms with Gasteiger partial charge in [0.05, 0.1) is 31.2 Å². The molecule has 7 nitrogen and oxygen atoms in total. The third-order valence-electron chi connectivity index (χ3n) is 7.31. The molecule has 1 unspecified atom stereocenters. The molecule has 0 aliphatic carbocycles. The number of hydrogen-bond acceptors (Lipinski definition) is 4. The Morgan fingerprint density at radius 3 is 2.04 bits per heavy atom. The largest absolute Gasteiger partial charge is 0.416 e. The number of halogens is 6. The van der Waals surface area contributed by atoms with E-state index < -0.39 is 51.9 Å². The van der Waals surface area contributed by atoms with E-state index >= 15 is 0 Å². The molecule has 1 N–H and O–H groups in total. The van der Waals surface area contributed by atoms with Crippen molar-refractivity contribution in [3.63, 3.8) is 0 Å². The van der Waals surface area contributed by atoms with E-state index in [9.17, 15) is 31.2 Å². The summed E-state index contributed by atoms with van der Waals surface area (Å²) in [7, 11) is -4.68. The SMILES string of the molecule is CCCNC(=O)C(Cc1ccccc1)N(Cc1ccc(Cl)c(Cl)c1)C(=O)CN(c1cc(C(F)(F)F)ccc1Cl)S(=O)(=O)c1ccccc1. The highest BCUT2D eigenvalue weighted by atomic mass is 35.5. The van der Waals surface area contributed by atoms with Crippen molar-refractivity contribution in [1.82, 2.24) is 10.2 Å². The Bertz CT molecular complexity index is 1850. The molecule has 0 spiro atoms. The summed E-state index contributed by atoms with van der Waals surface area (Å²) in [6.45, 7) is 0.942. The molecular formula is C34H31Cl3F3N3O4S. The fourth-order valence-electron chi connectivity index (χ4n) is 4.87. The van der Waals surface area contributed by atoms with Crippen LogP contribution in [0.5, 0.6) is 0 Å². The number of alkyl halides is 3. The summed E-state index contributed by atoms with van der Waals surface area (Å²) in [4.78, 5) is 29.1. The van der Waals surface area contributed by atoms with Gasteiger partial charge in [0.25, 0.3) is 10.0 Å². The van der Waals surface area contributed by atoms with Crippen LogP contribution in [0.4, 0.5) is 18.9 Å². The smallest absolute Gasteiger partial charge is 0.354 e. The summed E-state index contributed by atoms with van der Waals surface area (Å²) in [5.74, 6) is -1.40. The van der Waals surface area contributed by atoms with Crippen LogP contribution in [0.15, 0.2) is 102 Å². The fourth-order valence-corrected chi connectivity index (χ4v) is 6.90. The van der Waals surface area contributed by atoms with E-state index in [1.807, 2.05) is 6.92 Å². The van der Waals surface area contributed by atoms with Gasteiger partial charge in [0.1, 0.15) is 12.6 Å². The zero-order valence-electron chi connectivity index (χ0n) is 25.6. The van der Waals surface area contributed by atoms with Crippen molar-refractivity contribution in [1.29, 1.82) is 0 Å². The molecule has 1 atom stereocenters. The summed E-state index contributed by atoms with van der Waals surface area (Å²) < 4.78 is 70.2. The van der Waals surface area contributed by atoms with Crippen molar-refractivity contribution >= 4 is 62.3 Å². The van der Waals surface area contributed by atoms with Crippen LogP contribution >= 0.6 is 34.8 Å². The van der Waals surface area contributed by atoms with Crippen molar-refractivity contribution in [3.8, 4) is 0 Å². The molecule has 0 radical (unpaired) electrons. The lowest BCUT2D eigenvalue weighted by Crippen LogP contribution is -2.53. The van der Waals surface area contributed by atoms with Crippen LogP contribution in [0.1, 0.15) is 30.0 Å². The molecule has 0 aliphatic rings. The minimum Gasteiger partial charge on any atom is -0.354 e. The fraction of sp³-hybridized carbons (Fsp3) is 0.235. The van der Waals surface area contributed by atoms with Gasteiger partial charge in [-0.25, -0.2) is 8.42 Å². The minimum absolute atomic E-state index is 0.0409. The van der Waals surface area contributed by atoms with Gasteiger partial charge in [-0.05, 0) is 60.0 Å². The molecule has 0 aromatic heterocycles. The molecule has 0 aliphatic heterocycles. The average Bonchev–Trinajstić information content (AvgIpc) is 3.06. The number of nitrogens with one attached hydrogen (secondary N) is 1. The first-order valence-corrected chi connectivity index (χ1v) is 17.3. The Labute approximate surface area is 292 Å². The molecule has 48 heavy (non-hydrogen) atoms. The average molecular weight is 741 g/mol. The van der Waals surface area contributed by atoms with Crippen LogP contribution in [0.25, 0.3) is 0 Å². The third-order valence-corrected chi connectivity index (χ3v) is 10.1. The van der Waals surface area contributed by atoms with Crippen molar-refractivity contribution < 1.29 is 31.2 Å². The van der Waals surface area contributed by atoms with E-state index in [1.54, 1.807) is 42.5 Å². The highest BCUT2D eigenvalue weighted by Gasteiger charge is 2.37. The first-order chi connectivity index (χ1) is 22.7. The van der Waals surface area contributed by atoms with E-state index in [1.165, 1.54) is 41.3 Å². The van der Waals surface area contributed by atoms with E-state index in [2.05, 4.69) is 5.32 Å². The van der Waals surface area contributed by atoms with Gasteiger partial charge in [0.2, 0.25) is 11.8 Å². The summed E-state index contributed by atoms with van der Waals surface area (Å²) >= 11 is 18.7.